The highest BCUT2D eigenvalue weighted by Crippen LogP contribution is 2.17. The van der Waals surface area contributed by atoms with E-state index in [1.54, 1.807) is 0 Å². The lowest BCUT2D eigenvalue weighted by Crippen LogP contribution is -2.67. The molecule has 86 valence electrons. The summed E-state index contributed by atoms with van der Waals surface area (Å²) in [4.78, 5) is 9.85. The van der Waals surface area contributed by atoms with Crippen molar-refractivity contribution in [1.82, 2.24) is 0 Å². The summed E-state index contributed by atoms with van der Waals surface area (Å²) in [5, 5.41) is 21.4. The number of nitrogens with zero attached hydrogens (tertiary/aromatic N) is 2. The summed E-state index contributed by atoms with van der Waals surface area (Å²) in [6.07, 6.45) is -0.847. The van der Waals surface area contributed by atoms with Crippen molar-refractivity contribution in [2.24, 2.45) is 0 Å². The quantitative estimate of drug-likeness (QED) is 0.384. The van der Waals surface area contributed by atoms with Gasteiger partial charge in [-0.25, -0.2) is 0 Å². The summed E-state index contributed by atoms with van der Waals surface area (Å²) in [7, 11) is 0. The number of ether oxygens (including phenoxy) is 1. The molecule has 0 saturated carbocycles. The van der Waals surface area contributed by atoms with Crippen molar-refractivity contribution < 1.29 is 19.9 Å². The summed E-state index contributed by atoms with van der Waals surface area (Å²) in [5.41, 5.74) is 8.27. The number of aliphatic hydroxyl groups excluding tert-OH is 1. The van der Waals surface area contributed by atoms with Gasteiger partial charge in [0.15, 0.2) is 6.54 Å². The molecule has 0 aliphatic rings. The van der Waals surface area contributed by atoms with Crippen LogP contribution in [-0.2, 0) is 0 Å². The van der Waals surface area contributed by atoms with Gasteiger partial charge in [-0.05, 0) is 12.1 Å². The molecule has 16 heavy (non-hydrogen) atoms. The number of nitrogens with one attached hydrogen (secondary N) is 1. The average molecular weight is 225 g/mol. The largest absolute Gasteiger partial charge is 0.508 e. The predicted molar refractivity (Wildman–Crippen MR) is 53.8 cm³/mol. The number of hydrogen-bond acceptors (Lipinski definition) is 4. The molecule has 0 amide bonds. The van der Waals surface area contributed by atoms with Gasteiger partial charge in [-0.3, -0.25) is 10.1 Å². The van der Waals surface area contributed by atoms with Crippen LogP contribution in [0, 0.1) is 10.1 Å². The van der Waals surface area contributed by atoms with Crippen molar-refractivity contribution in [3.63, 3.8) is 0 Å². The smallest absolute Gasteiger partial charge is 0.269 e. The van der Waals surface area contributed by atoms with Crippen molar-refractivity contribution in [3.8, 4) is 5.75 Å². The SMILES string of the molecule is [N-]=[NH+]C[C@@H](O)COc1ccc([N+](=O)[O-])cc1. The number of rotatable bonds is 6. The average Bonchev–Trinajstić information content (AvgIpc) is 2.27. The van der Waals surface area contributed by atoms with Crippen LogP contribution in [0.1, 0.15) is 0 Å². The molecular formula is C9H11N3O4. The first kappa shape index (κ1) is 12.1. The molecule has 0 bridgehead atoms. The third kappa shape index (κ3) is 3.62. The lowest BCUT2D eigenvalue weighted by molar-refractivity contribution is -0.492. The molecule has 0 unspecified atom stereocenters. The van der Waals surface area contributed by atoms with E-state index in [-0.39, 0.29) is 18.8 Å². The van der Waals surface area contributed by atoms with Crippen molar-refractivity contribution in [1.29, 1.82) is 0 Å². The van der Waals surface area contributed by atoms with Gasteiger partial charge in [0.1, 0.15) is 18.5 Å². The molecule has 0 saturated heterocycles. The second-order valence-corrected chi connectivity index (χ2v) is 3.08. The van der Waals surface area contributed by atoms with Crippen LogP contribution < -0.4 is 9.85 Å². The van der Waals surface area contributed by atoms with Gasteiger partial charge in [-0.2, -0.15) is 0 Å². The van der Waals surface area contributed by atoms with Crippen molar-refractivity contribution in [2.75, 3.05) is 13.2 Å². The Kier molecular flexibility index (Phi) is 4.34. The lowest BCUT2D eigenvalue weighted by atomic mass is 10.3. The second-order valence-electron chi connectivity index (χ2n) is 3.08. The minimum Gasteiger partial charge on any atom is -0.508 e. The minimum atomic E-state index is -0.847. The van der Waals surface area contributed by atoms with Gasteiger partial charge in [-0.1, -0.05) is 0 Å². The summed E-state index contributed by atoms with van der Waals surface area (Å²) in [6.45, 7) is -0.0155. The molecule has 1 aromatic carbocycles. The van der Waals surface area contributed by atoms with E-state index in [9.17, 15) is 15.2 Å². The van der Waals surface area contributed by atoms with Crippen LogP contribution in [0.25, 0.3) is 5.53 Å². The van der Waals surface area contributed by atoms with Gasteiger partial charge < -0.3 is 20.5 Å². The molecule has 7 nitrogen and oxygen atoms in total. The fraction of sp³-hybridized carbons (Fsp3) is 0.333. The minimum absolute atomic E-state index is 0.00696. The van der Waals surface area contributed by atoms with Gasteiger partial charge in [0, 0.05) is 12.1 Å². The first-order valence-corrected chi connectivity index (χ1v) is 4.55. The molecule has 0 aliphatic carbocycles. The maximum Gasteiger partial charge on any atom is 0.269 e. The Morgan fingerprint density at radius 1 is 1.50 bits per heavy atom. The van der Waals surface area contributed by atoms with Crippen LogP contribution in [0.4, 0.5) is 5.69 Å². The highest BCUT2D eigenvalue weighted by molar-refractivity contribution is 5.35. The van der Waals surface area contributed by atoms with Crippen LogP contribution in [-0.4, -0.2) is 29.3 Å². The molecule has 1 aromatic rings. The number of nitro benzene ring substituents is 1. The van der Waals surface area contributed by atoms with Crippen LogP contribution >= 0.6 is 0 Å². The molecule has 1 atom stereocenters. The van der Waals surface area contributed by atoms with Crippen LogP contribution in [0.2, 0.25) is 0 Å². The monoisotopic (exact) mass is 225 g/mol. The Labute approximate surface area is 91.3 Å². The van der Waals surface area contributed by atoms with E-state index < -0.39 is 11.0 Å². The van der Waals surface area contributed by atoms with E-state index in [0.29, 0.717) is 5.75 Å². The highest BCUT2D eigenvalue weighted by atomic mass is 16.6. The topological polar surface area (TPSA) is 109 Å². The van der Waals surface area contributed by atoms with E-state index in [1.165, 1.54) is 24.3 Å². The Hall–Kier alpha value is -2.02. The fourth-order valence-electron chi connectivity index (χ4n) is 1.02. The Bertz CT molecular complexity index is 366. The standard InChI is InChI=1S/C9H11N3O4/c10-11-5-8(13)6-16-9-3-1-7(2-4-9)12(14)15/h1-4,8,11,13H,5-6H2/t8-/m1/s1. The molecule has 0 aromatic heterocycles. The van der Waals surface area contributed by atoms with Gasteiger partial charge in [0.2, 0.25) is 0 Å². The third-order valence-electron chi connectivity index (χ3n) is 1.82. The van der Waals surface area contributed by atoms with Gasteiger partial charge in [0.25, 0.3) is 5.69 Å². The summed E-state index contributed by atoms with van der Waals surface area (Å²) < 4.78 is 5.13. The number of nitro groups is 1. The maximum absolute atomic E-state index is 10.4. The third-order valence-corrected chi connectivity index (χ3v) is 1.82. The zero-order valence-corrected chi connectivity index (χ0v) is 8.37. The number of benzene rings is 1. The Balaban J connectivity index is 2.49. The molecule has 0 radical (unpaired) electrons. The first-order chi connectivity index (χ1) is 7.63. The Morgan fingerprint density at radius 3 is 2.62 bits per heavy atom. The second kappa shape index (κ2) is 5.76. The van der Waals surface area contributed by atoms with Gasteiger partial charge in [0.05, 0.1) is 4.92 Å². The van der Waals surface area contributed by atoms with E-state index in [0.717, 1.165) is 0 Å². The van der Waals surface area contributed by atoms with E-state index in [4.69, 9.17) is 10.3 Å². The van der Waals surface area contributed by atoms with E-state index in [2.05, 4.69) is 0 Å². The first-order valence-electron chi connectivity index (χ1n) is 4.55. The van der Waals surface area contributed by atoms with Crippen molar-refractivity contribution >= 4 is 5.69 Å². The predicted octanol–water partition coefficient (Wildman–Crippen LogP) is -0.563. The number of non-ortho nitro benzene ring substituents is 1. The zero-order valence-electron chi connectivity index (χ0n) is 8.37. The van der Waals surface area contributed by atoms with Gasteiger partial charge >= 0.3 is 0 Å². The molecule has 2 N–H and O–H groups in total. The van der Waals surface area contributed by atoms with Crippen molar-refractivity contribution in [3.05, 3.63) is 39.9 Å². The number of aliphatic hydroxyl groups is 1. The van der Waals surface area contributed by atoms with Crippen LogP contribution in [0.5, 0.6) is 5.75 Å². The molecular weight excluding hydrogens is 214 g/mol. The summed E-state index contributed by atoms with van der Waals surface area (Å²) >= 11 is 0. The zero-order chi connectivity index (χ0) is 12.0. The normalized spacial score (nSPS) is 11.8. The van der Waals surface area contributed by atoms with E-state index >= 15 is 0 Å². The molecule has 0 heterocycles. The maximum atomic E-state index is 10.4. The van der Waals surface area contributed by atoms with E-state index in [1.807, 2.05) is 5.11 Å². The van der Waals surface area contributed by atoms with Gasteiger partial charge in [-0.15, -0.1) is 0 Å². The lowest BCUT2D eigenvalue weighted by Gasteiger charge is -2.08. The molecule has 1 rings (SSSR count). The number of hydrogen-bond donors (Lipinski definition) is 2. The highest BCUT2D eigenvalue weighted by Gasteiger charge is 2.07. The summed E-state index contributed by atoms with van der Waals surface area (Å²) in [5.74, 6) is 0.419. The molecule has 7 heteroatoms. The van der Waals surface area contributed by atoms with Crippen molar-refractivity contribution in [2.45, 2.75) is 6.10 Å². The molecule has 0 spiro atoms. The fourth-order valence-corrected chi connectivity index (χ4v) is 1.02. The van der Waals surface area contributed by atoms with Crippen LogP contribution in [0.3, 0.4) is 0 Å². The van der Waals surface area contributed by atoms with Crippen LogP contribution in [0.15, 0.2) is 24.3 Å². The Morgan fingerprint density at radius 2 is 2.12 bits per heavy atom. The molecule has 0 fully saturated rings. The molecule has 0 aliphatic heterocycles. The summed E-state index contributed by atoms with van der Waals surface area (Å²) in [6, 6.07) is 5.51.